The van der Waals surface area contributed by atoms with Gasteiger partial charge in [0.1, 0.15) is 0 Å². The van der Waals surface area contributed by atoms with Gasteiger partial charge in [0.15, 0.2) is 0 Å². The largest absolute Gasteiger partial charge is 0.278 e. The molecule has 1 fully saturated rings. The predicted molar refractivity (Wildman–Crippen MR) is 76.4 cm³/mol. The van der Waals surface area contributed by atoms with Crippen LogP contribution in [0, 0.1) is 0 Å². The lowest BCUT2D eigenvalue weighted by molar-refractivity contribution is -0.119. The van der Waals surface area contributed by atoms with Crippen LogP contribution in [0.15, 0.2) is 47.2 Å². The highest BCUT2D eigenvalue weighted by Gasteiger charge is 2.59. The summed E-state index contributed by atoms with van der Waals surface area (Å²) in [5, 5.41) is 0. The monoisotopic (exact) mass is 314 g/mol. The number of benzene rings is 1. The molecule has 0 radical (unpaired) electrons. The minimum absolute atomic E-state index is 0.189. The quantitative estimate of drug-likeness (QED) is 0.806. The predicted octanol–water partition coefficient (Wildman–Crippen LogP) is 3.55. The Bertz CT molecular complexity index is 694. The molecule has 19 heavy (non-hydrogen) atoms. The van der Waals surface area contributed by atoms with Crippen molar-refractivity contribution >= 4 is 33.2 Å². The number of halogens is 1. The van der Waals surface area contributed by atoms with Gasteiger partial charge in [-0.25, -0.2) is 0 Å². The van der Waals surface area contributed by atoms with Gasteiger partial charge in [0.2, 0.25) is 5.91 Å². The highest BCUT2D eigenvalue weighted by Crippen LogP contribution is 2.58. The van der Waals surface area contributed by atoms with Crippen molar-refractivity contribution in [3.8, 4) is 0 Å². The molecule has 94 valence electrons. The Labute approximate surface area is 119 Å². The number of carbonyl (C=O) groups is 1. The summed E-state index contributed by atoms with van der Waals surface area (Å²) in [6.07, 6.45) is 5.38. The van der Waals surface area contributed by atoms with E-state index in [-0.39, 0.29) is 11.3 Å². The average molecular weight is 315 g/mol. The van der Waals surface area contributed by atoms with E-state index >= 15 is 0 Å². The molecule has 1 amide bonds. The van der Waals surface area contributed by atoms with Crippen molar-refractivity contribution < 1.29 is 4.79 Å². The molecule has 0 bridgehead atoms. The van der Waals surface area contributed by atoms with Crippen molar-refractivity contribution in [2.24, 2.45) is 0 Å². The van der Waals surface area contributed by atoms with Gasteiger partial charge in [-0.2, -0.15) is 0 Å². The first kappa shape index (κ1) is 11.2. The first-order valence-corrected chi connectivity index (χ1v) is 7.06. The van der Waals surface area contributed by atoms with Gasteiger partial charge in [0.25, 0.3) is 0 Å². The third-order valence-electron chi connectivity index (χ3n) is 3.97. The molecule has 0 atom stereocenters. The second-order valence-electron chi connectivity index (χ2n) is 5.10. The van der Waals surface area contributed by atoms with E-state index in [4.69, 9.17) is 0 Å². The van der Waals surface area contributed by atoms with E-state index in [1.54, 1.807) is 17.3 Å². The van der Waals surface area contributed by atoms with Crippen LogP contribution in [-0.4, -0.2) is 10.9 Å². The Morgan fingerprint density at radius 2 is 2.00 bits per heavy atom. The van der Waals surface area contributed by atoms with Crippen LogP contribution in [0.2, 0.25) is 0 Å². The van der Waals surface area contributed by atoms with Crippen LogP contribution in [0.4, 0.5) is 11.4 Å². The molecule has 1 aliphatic heterocycles. The minimum atomic E-state index is -0.251. The van der Waals surface area contributed by atoms with Crippen molar-refractivity contribution in [1.29, 1.82) is 0 Å². The van der Waals surface area contributed by atoms with E-state index in [0.29, 0.717) is 0 Å². The summed E-state index contributed by atoms with van der Waals surface area (Å²) in [6, 6.07) is 10.0. The van der Waals surface area contributed by atoms with Crippen molar-refractivity contribution in [2.75, 3.05) is 4.90 Å². The third kappa shape index (κ3) is 1.43. The number of para-hydroxylation sites is 1. The number of rotatable bonds is 1. The summed E-state index contributed by atoms with van der Waals surface area (Å²) in [4.78, 5) is 18.7. The molecule has 0 unspecified atom stereocenters. The second kappa shape index (κ2) is 3.67. The average Bonchev–Trinajstić information content (AvgIpc) is 3.16. The lowest BCUT2D eigenvalue weighted by Gasteiger charge is -2.17. The van der Waals surface area contributed by atoms with E-state index in [2.05, 4.69) is 27.0 Å². The summed E-state index contributed by atoms with van der Waals surface area (Å²) in [6.45, 7) is 0. The minimum Gasteiger partial charge on any atom is -0.278 e. The number of carbonyl (C=O) groups excluding carboxylic acids is 1. The highest BCUT2D eigenvalue weighted by molar-refractivity contribution is 9.10. The van der Waals surface area contributed by atoms with Crippen LogP contribution < -0.4 is 4.90 Å². The van der Waals surface area contributed by atoms with Gasteiger partial charge >= 0.3 is 0 Å². The Morgan fingerprint density at radius 1 is 1.21 bits per heavy atom. The maximum Gasteiger partial charge on any atom is 0.242 e. The number of anilines is 2. The second-order valence-corrected chi connectivity index (χ2v) is 6.02. The lowest BCUT2D eigenvalue weighted by atomic mass is 9.98. The zero-order chi connectivity index (χ0) is 13.0. The van der Waals surface area contributed by atoms with Crippen molar-refractivity contribution in [1.82, 2.24) is 4.98 Å². The maximum absolute atomic E-state index is 12.7. The highest BCUT2D eigenvalue weighted by atomic mass is 79.9. The Morgan fingerprint density at radius 3 is 2.74 bits per heavy atom. The molecule has 1 spiro atoms. The summed E-state index contributed by atoms with van der Waals surface area (Å²) >= 11 is 3.41. The zero-order valence-electron chi connectivity index (χ0n) is 10.1. The van der Waals surface area contributed by atoms with Crippen LogP contribution in [0.25, 0.3) is 0 Å². The zero-order valence-corrected chi connectivity index (χ0v) is 11.7. The van der Waals surface area contributed by atoms with Gasteiger partial charge in [0, 0.05) is 10.7 Å². The molecule has 4 rings (SSSR count). The molecular formula is C15H11BrN2O. The molecule has 2 aliphatic rings. The number of fused-ring (bicyclic) bond motifs is 2. The summed E-state index contributed by atoms with van der Waals surface area (Å²) in [5.74, 6) is 0.189. The summed E-state index contributed by atoms with van der Waals surface area (Å²) < 4.78 is 0.882. The molecule has 1 aromatic carbocycles. The Balaban J connectivity index is 1.92. The smallest absolute Gasteiger partial charge is 0.242 e. The van der Waals surface area contributed by atoms with Crippen molar-refractivity contribution in [3.63, 3.8) is 0 Å². The Kier molecular flexibility index (Phi) is 2.16. The van der Waals surface area contributed by atoms with Gasteiger partial charge < -0.3 is 0 Å². The van der Waals surface area contributed by atoms with Crippen LogP contribution in [0.1, 0.15) is 18.4 Å². The number of aromatic nitrogens is 1. The standard InChI is InChI=1S/C15H11BrN2O/c16-10-7-11(9-17-8-10)18-13-4-2-1-3-12(13)15(5-6-15)14(18)19/h1-4,7-9H,5-6H2. The van der Waals surface area contributed by atoms with E-state index in [1.807, 2.05) is 24.3 Å². The summed E-state index contributed by atoms with van der Waals surface area (Å²) in [5.41, 5.74) is 2.75. The topological polar surface area (TPSA) is 33.2 Å². The fourth-order valence-corrected chi connectivity index (χ4v) is 3.25. The molecule has 3 nitrogen and oxygen atoms in total. The van der Waals surface area contributed by atoms with Gasteiger partial charge in [0.05, 0.1) is 23.0 Å². The molecule has 1 saturated carbocycles. The van der Waals surface area contributed by atoms with Gasteiger partial charge in [-0.3, -0.25) is 14.7 Å². The fraction of sp³-hybridized carbons (Fsp3) is 0.200. The van der Waals surface area contributed by atoms with Crippen LogP contribution in [0.5, 0.6) is 0 Å². The van der Waals surface area contributed by atoms with E-state index in [1.165, 1.54) is 5.56 Å². The summed E-state index contributed by atoms with van der Waals surface area (Å²) in [7, 11) is 0. The van der Waals surface area contributed by atoms with Gasteiger partial charge in [-0.15, -0.1) is 0 Å². The fourth-order valence-electron chi connectivity index (χ4n) is 2.90. The normalized spacial score (nSPS) is 18.8. The SMILES string of the molecule is O=C1N(c2cncc(Br)c2)c2ccccc2C12CC2. The number of amides is 1. The van der Waals surface area contributed by atoms with E-state index < -0.39 is 0 Å². The molecular weight excluding hydrogens is 304 g/mol. The first-order valence-electron chi connectivity index (χ1n) is 6.27. The molecule has 0 saturated heterocycles. The molecule has 2 heterocycles. The van der Waals surface area contributed by atoms with Crippen LogP contribution >= 0.6 is 15.9 Å². The van der Waals surface area contributed by atoms with E-state index in [0.717, 1.165) is 28.7 Å². The van der Waals surface area contributed by atoms with Gasteiger partial charge in [-0.1, -0.05) is 18.2 Å². The number of hydrogen-bond donors (Lipinski definition) is 0. The number of hydrogen-bond acceptors (Lipinski definition) is 2. The van der Waals surface area contributed by atoms with Crippen molar-refractivity contribution in [2.45, 2.75) is 18.3 Å². The van der Waals surface area contributed by atoms with Crippen LogP contribution in [-0.2, 0) is 10.2 Å². The van der Waals surface area contributed by atoms with E-state index in [9.17, 15) is 4.79 Å². The molecule has 1 aromatic heterocycles. The lowest BCUT2D eigenvalue weighted by Crippen LogP contribution is -2.27. The molecule has 1 aliphatic carbocycles. The first-order chi connectivity index (χ1) is 9.22. The number of pyridine rings is 1. The third-order valence-corrected chi connectivity index (χ3v) is 4.41. The van der Waals surface area contributed by atoms with Crippen molar-refractivity contribution in [3.05, 3.63) is 52.8 Å². The molecule has 4 heteroatoms. The van der Waals surface area contributed by atoms with Crippen LogP contribution in [0.3, 0.4) is 0 Å². The number of nitrogens with zero attached hydrogens (tertiary/aromatic N) is 2. The Hall–Kier alpha value is -1.68. The van der Waals surface area contributed by atoms with Gasteiger partial charge in [-0.05, 0) is 46.5 Å². The molecule has 2 aromatic rings. The maximum atomic E-state index is 12.7. The molecule has 0 N–H and O–H groups in total.